The predicted molar refractivity (Wildman–Crippen MR) is 37.1 cm³/mol. The summed E-state index contributed by atoms with van der Waals surface area (Å²) in [5.74, 6) is 0. The van der Waals surface area contributed by atoms with E-state index < -0.39 is 0 Å². The van der Waals surface area contributed by atoms with Gasteiger partial charge in [0.2, 0.25) is 0 Å². The molecule has 0 heterocycles. The number of hydrogen-bond donors (Lipinski definition) is 1. The fourth-order valence-electron chi connectivity index (χ4n) is 0.412. The van der Waals surface area contributed by atoms with E-state index in [2.05, 4.69) is 17.5 Å². The molecule has 0 aromatic rings. The highest BCUT2D eigenvalue weighted by Gasteiger charge is 1.76. The lowest BCUT2D eigenvalue weighted by Crippen LogP contribution is -2.05. The van der Waals surface area contributed by atoms with Crippen LogP contribution < -0.4 is 5.43 Å². The Morgan fingerprint density at radius 2 is 2.38 bits per heavy atom. The van der Waals surface area contributed by atoms with Crippen LogP contribution in [0.5, 0.6) is 0 Å². The largest absolute Gasteiger partial charge is 0.310 e. The maximum atomic E-state index is 3.83. The Balaban J connectivity index is 2.72. The van der Waals surface area contributed by atoms with Crippen molar-refractivity contribution >= 4 is 6.21 Å². The zero-order chi connectivity index (χ0) is 6.24. The molecule has 0 aliphatic carbocycles. The Labute approximate surface area is 51.0 Å². The minimum Gasteiger partial charge on any atom is -0.310 e. The van der Waals surface area contributed by atoms with Gasteiger partial charge in [0.25, 0.3) is 0 Å². The quantitative estimate of drug-likeness (QED) is 0.333. The van der Waals surface area contributed by atoms with Gasteiger partial charge in [0.1, 0.15) is 0 Å². The molecule has 0 saturated carbocycles. The van der Waals surface area contributed by atoms with E-state index in [9.17, 15) is 0 Å². The minimum absolute atomic E-state index is 1.00. The zero-order valence-electron chi connectivity index (χ0n) is 5.65. The summed E-state index contributed by atoms with van der Waals surface area (Å²) in [7, 11) is 0. The first-order valence-corrected chi connectivity index (χ1v) is 3.12. The maximum absolute atomic E-state index is 3.83. The van der Waals surface area contributed by atoms with Crippen LogP contribution in [0.2, 0.25) is 0 Å². The van der Waals surface area contributed by atoms with Crippen molar-refractivity contribution < 1.29 is 0 Å². The Kier molecular flexibility index (Phi) is 6.04. The van der Waals surface area contributed by atoms with Gasteiger partial charge in [-0.2, -0.15) is 5.10 Å². The number of nitrogens with zero attached hydrogens (tertiary/aromatic N) is 1. The SMILES string of the molecule is CC=NNCCCC. The number of hydrogen-bond acceptors (Lipinski definition) is 2. The molecule has 1 N–H and O–H groups in total. The monoisotopic (exact) mass is 114 g/mol. The summed E-state index contributed by atoms with van der Waals surface area (Å²) in [6, 6.07) is 0. The van der Waals surface area contributed by atoms with Crippen molar-refractivity contribution in [3.05, 3.63) is 0 Å². The number of nitrogens with one attached hydrogen (secondary N) is 1. The lowest BCUT2D eigenvalue weighted by atomic mass is 10.3. The minimum atomic E-state index is 1.00. The van der Waals surface area contributed by atoms with Crippen LogP contribution in [0, 0.1) is 0 Å². The third-order valence-corrected chi connectivity index (χ3v) is 0.863. The highest BCUT2D eigenvalue weighted by atomic mass is 15.3. The third-order valence-electron chi connectivity index (χ3n) is 0.863. The van der Waals surface area contributed by atoms with Crippen LogP contribution >= 0.6 is 0 Å². The van der Waals surface area contributed by atoms with Crippen molar-refractivity contribution in [3.63, 3.8) is 0 Å². The molecule has 0 aliphatic heterocycles. The van der Waals surface area contributed by atoms with Crippen LogP contribution in [0.15, 0.2) is 5.10 Å². The first-order valence-electron chi connectivity index (χ1n) is 3.12. The molecule has 0 aromatic heterocycles. The highest BCUT2D eigenvalue weighted by molar-refractivity contribution is 5.52. The molecular weight excluding hydrogens is 100 g/mol. The van der Waals surface area contributed by atoms with Crippen molar-refractivity contribution in [3.8, 4) is 0 Å². The fraction of sp³-hybridized carbons (Fsp3) is 0.833. The molecule has 48 valence electrons. The van der Waals surface area contributed by atoms with E-state index in [-0.39, 0.29) is 0 Å². The molecule has 0 saturated heterocycles. The molecule has 8 heavy (non-hydrogen) atoms. The molecule has 0 unspecified atom stereocenters. The molecular formula is C6H14N2. The predicted octanol–water partition coefficient (Wildman–Crippen LogP) is 1.38. The van der Waals surface area contributed by atoms with E-state index in [0.717, 1.165) is 6.54 Å². The molecule has 0 aromatic carbocycles. The van der Waals surface area contributed by atoms with E-state index in [1.807, 2.05) is 6.92 Å². The average molecular weight is 114 g/mol. The first-order chi connectivity index (χ1) is 3.91. The van der Waals surface area contributed by atoms with Gasteiger partial charge < -0.3 is 5.43 Å². The summed E-state index contributed by atoms with van der Waals surface area (Å²) in [4.78, 5) is 0. The molecule has 2 heteroatoms. The van der Waals surface area contributed by atoms with Crippen LogP contribution in [0.4, 0.5) is 0 Å². The van der Waals surface area contributed by atoms with E-state index in [1.165, 1.54) is 12.8 Å². The molecule has 0 aliphatic rings. The summed E-state index contributed by atoms with van der Waals surface area (Å²) in [6.07, 6.45) is 4.19. The van der Waals surface area contributed by atoms with Crippen molar-refractivity contribution in [2.24, 2.45) is 5.10 Å². The van der Waals surface area contributed by atoms with Crippen LogP contribution in [0.1, 0.15) is 26.7 Å². The number of unbranched alkanes of at least 4 members (excludes halogenated alkanes) is 1. The maximum Gasteiger partial charge on any atom is 0.0329 e. The summed E-state index contributed by atoms with van der Waals surface area (Å²) in [6.45, 7) is 5.07. The van der Waals surface area contributed by atoms with Crippen LogP contribution in [-0.2, 0) is 0 Å². The topological polar surface area (TPSA) is 24.4 Å². The summed E-state index contributed by atoms with van der Waals surface area (Å²) in [5, 5.41) is 3.83. The van der Waals surface area contributed by atoms with Gasteiger partial charge in [-0.1, -0.05) is 13.3 Å². The molecule has 0 bridgehead atoms. The van der Waals surface area contributed by atoms with Gasteiger partial charge in [-0.25, -0.2) is 0 Å². The first kappa shape index (κ1) is 7.47. The number of hydrazone groups is 1. The van der Waals surface area contributed by atoms with Gasteiger partial charge in [-0.15, -0.1) is 0 Å². The zero-order valence-corrected chi connectivity index (χ0v) is 5.65. The third kappa shape index (κ3) is 5.47. The van der Waals surface area contributed by atoms with Gasteiger partial charge in [0, 0.05) is 12.8 Å². The molecule has 2 nitrogen and oxygen atoms in total. The molecule has 0 amide bonds. The molecule has 0 radical (unpaired) electrons. The average Bonchev–Trinajstić information content (AvgIpc) is 1.81. The molecule has 0 spiro atoms. The Morgan fingerprint density at radius 3 is 2.88 bits per heavy atom. The second kappa shape index (κ2) is 6.47. The van der Waals surface area contributed by atoms with Gasteiger partial charge in [0.05, 0.1) is 0 Å². The van der Waals surface area contributed by atoms with Crippen molar-refractivity contribution in [1.82, 2.24) is 5.43 Å². The van der Waals surface area contributed by atoms with Crippen molar-refractivity contribution in [2.75, 3.05) is 6.54 Å². The van der Waals surface area contributed by atoms with E-state index in [1.54, 1.807) is 6.21 Å². The lowest BCUT2D eigenvalue weighted by molar-refractivity contribution is 0.673. The molecule has 0 fully saturated rings. The van der Waals surface area contributed by atoms with Gasteiger partial charge >= 0.3 is 0 Å². The smallest absolute Gasteiger partial charge is 0.0329 e. The summed E-state index contributed by atoms with van der Waals surface area (Å²) >= 11 is 0. The Morgan fingerprint density at radius 1 is 1.62 bits per heavy atom. The fourth-order valence-corrected chi connectivity index (χ4v) is 0.412. The standard InChI is InChI=1S/C6H14N2/c1-3-5-6-8-7-4-2/h4,8H,3,5-6H2,1-2H3. The Bertz CT molecular complexity index is 59.5. The van der Waals surface area contributed by atoms with Crippen LogP contribution in [-0.4, -0.2) is 12.8 Å². The van der Waals surface area contributed by atoms with Crippen LogP contribution in [0.3, 0.4) is 0 Å². The molecule has 0 atom stereocenters. The van der Waals surface area contributed by atoms with E-state index >= 15 is 0 Å². The Hall–Kier alpha value is -0.530. The van der Waals surface area contributed by atoms with E-state index in [0.29, 0.717) is 0 Å². The van der Waals surface area contributed by atoms with Crippen LogP contribution in [0.25, 0.3) is 0 Å². The van der Waals surface area contributed by atoms with Crippen molar-refractivity contribution in [2.45, 2.75) is 26.7 Å². The highest BCUT2D eigenvalue weighted by Crippen LogP contribution is 1.80. The van der Waals surface area contributed by atoms with Crippen molar-refractivity contribution in [1.29, 1.82) is 0 Å². The second-order valence-corrected chi connectivity index (χ2v) is 1.65. The van der Waals surface area contributed by atoms with Gasteiger partial charge in [-0.3, -0.25) is 0 Å². The van der Waals surface area contributed by atoms with Gasteiger partial charge in [-0.05, 0) is 13.3 Å². The molecule has 0 rings (SSSR count). The second-order valence-electron chi connectivity index (χ2n) is 1.65. The van der Waals surface area contributed by atoms with E-state index in [4.69, 9.17) is 0 Å². The summed E-state index contributed by atoms with van der Waals surface area (Å²) in [5.41, 5.74) is 2.91. The van der Waals surface area contributed by atoms with Gasteiger partial charge in [0.15, 0.2) is 0 Å². The number of rotatable bonds is 4. The summed E-state index contributed by atoms with van der Waals surface area (Å²) < 4.78 is 0. The normalized spacial score (nSPS) is 10.2. The lowest BCUT2D eigenvalue weighted by Gasteiger charge is -1.93.